The van der Waals surface area contributed by atoms with Crippen LogP contribution in [0.2, 0.25) is 0 Å². The Labute approximate surface area is 76.4 Å². The number of allylic oxidation sites excluding steroid dienone is 4. The summed E-state index contributed by atoms with van der Waals surface area (Å²) < 4.78 is 0. The standard InChI is InChI=1S/C12H20/c1-5-6-11-7-8-12(9(2)3)10(11)4/h5-6,9,12H,7-8H2,1-4H3/b6-5-. The molecule has 12 heavy (non-hydrogen) atoms. The molecule has 0 saturated carbocycles. The van der Waals surface area contributed by atoms with E-state index < -0.39 is 0 Å². The van der Waals surface area contributed by atoms with Crippen molar-refractivity contribution in [2.75, 3.05) is 0 Å². The first-order valence-corrected chi connectivity index (χ1v) is 4.99. The third-order valence-electron chi connectivity index (χ3n) is 2.96. The van der Waals surface area contributed by atoms with Crippen LogP contribution in [-0.4, -0.2) is 0 Å². The maximum Gasteiger partial charge on any atom is -0.0174 e. The van der Waals surface area contributed by atoms with Crippen LogP contribution in [0.5, 0.6) is 0 Å². The molecule has 0 spiro atoms. The van der Waals surface area contributed by atoms with Gasteiger partial charge in [0.2, 0.25) is 0 Å². The van der Waals surface area contributed by atoms with Crippen LogP contribution in [0.25, 0.3) is 0 Å². The Kier molecular flexibility index (Phi) is 3.13. The van der Waals surface area contributed by atoms with E-state index in [0.29, 0.717) is 0 Å². The predicted octanol–water partition coefficient (Wildman–Crippen LogP) is 3.95. The van der Waals surface area contributed by atoms with Gasteiger partial charge in [0.05, 0.1) is 0 Å². The second-order valence-electron chi connectivity index (χ2n) is 4.10. The van der Waals surface area contributed by atoms with Crippen LogP contribution < -0.4 is 0 Å². The molecule has 0 aromatic rings. The monoisotopic (exact) mass is 164 g/mol. The molecule has 0 amide bonds. The minimum atomic E-state index is 0.813. The molecule has 0 fully saturated rings. The molecule has 1 atom stereocenters. The second-order valence-corrected chi connectivity index (χ2v) is 4.10. The topological polar surface area (TPSA) is 0 Å². The first-order chi connectivity index (χ1) is 5.66. The van der Waals surface area contributed by atoms with Crippen LogP contribution in [-0.2, 0) is 0 Å². The third-order valence-corrected chi connectivity index (χ3v) is 2.96. The second kappa shape index (κ2) is 3.93. The molecule has 1 aliphatic carbocycles. The van der Waals surface area contributed by atoms with Gasteiger partial charge < -0.3 is 0 Å². The molecule has 0 aromatic carbocycles. The van der Waals surface area contributed by atoms with Crippen molar-refractivity contribution in [1.82, 2.24) is 0 Å². The average molecular weight is 164 g/mol. The minimum Gasteiger partial charge on any atom is -0.0874 e. The molecule has 0 heteroatoms. The van der Waals surface area contributed by atoms with Crippen molar-refractivity contribution in [2.45, 2.75) is 40.5 Å². The van der Waals surface area contributed by atoms with Crippen LogP contribution in [0.15, 0.2) is 23.3 Å². The van der Waals surface area contributed by atoms with Gasteiger partial charge in [-0.25, -0.2) is 0 Å². The number of hydrogen-bond donors (Lipinski definition) is 0. The molecule has 0 aliphatic heterocycles. The molecular weight excluding hydrogens is 144 g/mol. The fourth-order valence-electron chi connectivity index (χ4n) is 2.21. The van der Waals surface area contributed by atoms with E-state index in [1.807, 2.05) is 0 Å². The first kappa shape index (κ1) is 9.57. The van der Waals surface area contributed by atoms with Gasteiger partial charge in [-0.3, -0.25) is 0 Å². The van der Waals surface area contributed by atoms with E-state index in [1.54, 1.807) is 11.1 Å². The fourth-order valence-corrected chi connectivity index (χ4v) is 2.21. The maximum absolute atomic E-state index is 2.33. The van der Waals surface area contributed by atoms with Crippen molar-refractivity contribution in [2.24, 2.45) is 11.8 Å². The lowest BCUT2D eigenvalue weighted by Gasteiger charge is -2.15. The van der Waals surface area contributed by atoms with E-state index in [-0.39, 0.29) is 0 Å². The highest BCUT2D eigenvalue weighted by atomic mass is 14.3. The highest BCUT2D eigenvalue weighted by molar-refractivity contribution is 5.30. The normalized spacial score (nSPS) is 24.9. The molecule has 0 saturated heterocycles. The van der Waals surface area contributed by atoms with Gasteiger partial charge >= 0.3 is 0 Å². The zero-order valence-electron chi connectivity index (χ0n) is 8.72. The van der Waals surface area contributed by atoms with Crippen LogP contribution >= 0.6 is 0 Å². The van der Waals surface area contributed by atoms with Gasteiger partial charge in [-0.2, -0.15) is 0 Å². The zero-order valence-corrected chi connectivity index (χ0v) is 8.72. The van der Waals surface area contributed by atoms with Crippen molar-refractivity contribution >= 4 is 0 Å². The Bertz CT molecular complexity index is 206. The van der Waals surface area contributed by atoms with Gasteiger partial charge in [-0.15, -0.1) is 0 Å². The van der Waals surface area contributed by atoms with Crippen LogP contribution in [0.4, 0.5) is 0 Å². The van der Waals surface area contributed by atoms with Crippen molar-refractivity contribution in [3.8, 4) is 0 Å². The Morgan fingerprint density at radius 3 is 2.50 bits per heavy atom. The molecule has 0 nitrogen and oxygen atoms in total. The summed E-state index contributed by atoms with van der Waals surface area (Å²) in [5.41, 5.74) is 3.21. The molecular formula is C12H20. The Hall–Kier alpha value is -0.520. The summed E-state index contributed by atoms with van der Waals surface area (Å²) in [4.78, 5) is 0. The summed E-state index contributed by atoms with van der Waals surface area (Å²) >= 11 is 0. The van der Waals surface area contributed by atoms with E-state index in [4.69, 9.17) is 0 Å². The molecule has 1 rings (SSSR count). The van der Waals surface area contributed by atoms with Crippen LogP contribution in [0, 0.1) is 11.8 Å². The Morgan fingerprint density at radius 1 is 1.42 bits per heavy atom. The summed E-state index contributed by atoms with van der Waals surface area (Å²) in [7, 11) is 0. The largest absolute Gasteiger partial charge is 0.0874 e. The van der Waals surface area contributed by atoms with E-state index >= 15 is 0 Å². The van der Waals surface area contributed by atoms with E-state index in [1.165, 1.54) is 12.8 Å². The lowest BCUT2D eigenvalue weighted by atomic mass is 9.90. The predicted molar refractivity (Wildman–Crippen MR) is 55.1 cm³/mol. The Morgan fingerprint density at radius 2 is 2.08 bits per heavy atom. The van der Waals surface area contributed by atoms with Crippen LogP contribution in [0.1, 0.15) is 40.5 Å². The molecule has 0 heterocycles. The van der Waals surface area contributed by atoms with Gasteiger partial charge in [-0.05, 0) is 44.1 Å². The highest BCUT2D eigenvalue weighted by Crippen LogP contribution is 2.36. The number of hydrogen-bond acceptors (Lipinski definition) is 0. The smallest absolute Gasteiger partial charge is 0.0174 e. The van der Waals surface area contributed by atoms with E-state index in [9.17, 15) is 0 Å². The van der Waals surface area contributed by atoms with Crippen molar-refractivity contribution < 1.29 is 0 Å². The molecule has 1 unspecified atom stereocenters. The van der Waals surface area contributed by atoms with Gasteiger partial charge in [0.15, 0.2) is 0 Å². The lowest BCUT2D eigenvalue weighted by Crippen LogP contribution is -2.05. The van der Waals surface area contributed by atoms with Gasteiger partial charge in [0, 0.05) is 0 Å². The van der Waals surface area contributed by atoms with Gasteiger partial charge in [0.25, 0.3) is 0 Å². The van der Waals surface area contributed by atoms with Crippen molar-refractivity contribution in [3.63, 3.8) is 0 Å². The summed E-state index contributed by atoms with van der Waals surface area (Å²) in [6.07, 6.45) is 7.08. The van der Waals surface area contributed by atoms with Gasteiger partial charge in [-0.1, -0.05) is 31.6 Å². The van der Waals surface area contributed by atoms with Gasteiger partial charge in [0.1, 0.15) is 0 Å². The molecule has 0 N–H and O–H groups in total. The van der Waals surface area contributed by atoms with Crippen molar-refractivity contribution in [3.05, 3.63) is 23.3 Å². The molecule has 0 aromatic heterocycles. The SMILES string of the molecule is C/C=C\C1=C(C)C(C(C)C)CC1. The molecule has 68 valence electrons. The molecule has 0 bridgehead atoms. The first-order valence-electron chi connectivity index (χ1n) is 4.99. The highest BCUT2D eigenvalue weighted by Gasteiger charge is 2.22. The minimum absolute atomic E-state index is 0.813. The maximum atomic E-state index is 2.33. The van der Waals surface area contributed by atoms with E-state index in [0.717, 1.165) is 11.8 Å². The average Bonchev–Trinajstić information content (AvgIpc) is 2.34. The summed E-state index contributed by atoms with van der Waals surface area (Å²) in [6, 6.07) is 0. The molecule has 0 radical (unpaired) electrons. The summed E-state index contributed by atoms with van der Waals surface area (Å²) in [6.45, 7) is 9.05. The van der Waals surface area contributed by atoms with Crippen molar-refractivity contribution in [1.29, 1.82) is 0 Å². The fraction of sp³-hybridized carbons (Fsp3) is 0.667. The zero-order chi connectivity index (χ0) is 9.14. The third kappa shape index (κ3) is 1.80. The molecule has 1 aliphatic rings. The quantitative estimate of drug-likeness (QED) is 0.580. The van der Waals surface area contributed by atoms with Crippen LogP contribution in [0.3, 0.4) is 0 Å². The summed E-state index contributed by atoms with van der Waals surface area (Å²) in [5.74, 6) is 1.66. The Balaban J connectivity index is 2.76. The van der Waals surface area contributed by atoms with E-state index in [2.05, 4.69) is 39.8 Å². The summed E-state index contributed by atoms with van der Waals surface area (Å²) in [5, 5.41) is 0. The number of rotatable bonds is 2. The lowest BCUT2D eigenvalue weighted by molar-refractivity contribution is 0.440.